The summed E-state index contributed by atoms with van der Waals surface area (Å²) in [7, 11) is -3.64. The molecule has 3 rings (SSSR count). The van der Waals surface area contributed by atoms with Crippen LogP contribution in [-0.2, 0) is 10.0 Å². The van der Waals surface area contributed by atoms with Crippen LogP contribution in [0.3, 0.4) is 0 Å². The molecule has 2 aromatic rings. The number of nitrogens with one attached hydrogen (secondary N) is 2. The first-order chi connectivity index (χ1) is 14.3. The Morgan fingerprint density at radius 1 is 1.07 bits per heavy atom. The third kappa shape index (κ3) is 4.60. The molecule has 1 aliphatic heterocycles. The van der Waals surface area contributed by atoms with Gasteiger partial charge in [0.2, 0.25) is 10.0 Å². The number of nitrogens with zero attached hydrogens (tertiary/aromatic N) is 1. The topological polar surface area (TPSA) is 95.6 Å². The van der Waals surface area contributed by atoms with Crippen LogP contribution in [0.25, 0.3) is 0 Å². The molecule has 2 N–H and O–H groups in total. The number of anilines is 1. The summed E-state index contributed by atoms with van der Waals surface area (Å²) in [4.78, 5) is 25.4. The minimum atomic E-state index is -3.64. The summed E-state index contributed by atoms with van der Waals surface area (Å²) in [6.45, 7) is 6.59. The molecule has 0 aliphatic carbocycles. The summed E-state index contributed by atoms with van der Waals surface area (Å²) >= 11 is 0. The van der Waals surface area contributed by atoms with E-state index in [9.17, 15) is 18.0 Å². The molecule has 0 atom stereocenters. The third-order valence-electron chi connectivity index (χ3n) is 4.98. The normalized spacial score (nSPS) is 14.3. The molecule has 1 aliphatic rings. The second-order valence-corrected chi connectivity index (χ2v) is 9.02. The summed E-state index contributed by atoms with van der Waals surface area (Å²) < 4.78 is 27.2. The molecule has 0 unspecified atom stereocenters. The van der Waals surface area contributed by atoms with E-state index in [-0.39, 0.29) is 16.4 Å². The smallest absolute Gasteiger partial charge is 0.255 e. The van der Waals surface area contributed by atoms with Crippen molar-refractivity contribution < 1.29 is 18.0 Å². The van der Waals surface area contributed by atoms with Crippen LogP contribution in [0.15, 0.2) is 60.0 Å². The standard InChI is InChI=1S/C22H25N3O4S/c1-3-12-23-21(26)18-8-4-5-9-20(18)24-22(27)19-15-17(11-10-16(19)2)30(28,29)25-13-6-7-14-25/h3-5,8-11,15H,1,6-7,12-14H2,2H3,(H,23,26)(H,24,27). The Bertz CT molecular complexity index is 1070. The van der Waals surface area contributed by atoms with E-state index in [1.54, 1.807) is 43.3 Å². The van der Waals surface area contributed by atoms with Crippen molar-refractivity contribution in [1.29, 1.82) is 0 Å². The molecule has 7 nitrogen and oxygen atoms in total. The maximum atomic E-state index is 13.0. The van der Waals surface area contributed by atoms with Crippen molar-refractivity contribution in [2.24, 2.45) is 0 Å². The van der Waals surface area contributed by atoms with Crippen LogP contribution in [0, 0.1) is 6.92 Å². The van der Waals surface area contributed by atoms with Crippen LogP contribution < -0.4 is 10.6 Å². The zero-order valence-electron chi connectivity index (χ0n) is 16.8. The summed E-state index contributed by atoms with van der Waals surface area (Å²) in [6, 6.07) is 11.2. The Kier molecular flexibility index (Phi) is 6.69. The Morgan fingerprint density at radius 2 is 1.77 bits per heavy atom. The Hall–Kier alpha value is -2.97. The molecule has 0 aromatic heterocycles. The molecule has 0 saturated carbocycles. The summed E-state index contributed by atoms with van der Waals surface area (Å²) in [6.07, 6.45) is 3.24. The van der Waals surface area contributed by atoms with Crippen molar-refractivity contribution in [3.8, 4) is 0 Å². The molecule has 1 heterocycles. The van der Waals surface area contributed by atoms with Crippen LogP contribution in [0.4, 0.5) is 5.69 Å². The van der Waals surface area contributed by atoms with Crippen LogP contribution in [-0.4, -0.2) is 44.2 Å². The van der Waals surface area contributed by atoms with Gasteiger partial charge in [-0.15, -0.1) is 6.58 Å². The van der Waals surface area contributed by atoms with Gasteiger partial charge in [0, 0.05) is 25.2 Å². The fourth-order valence-electron chi connectivity index (χ4n) is 3.32. The van der Waals surface area contributed by atoms with Gasteiger partial charge in [-0.3, -0.25) is 9.59 Å². The minimum Gasteiger partial charge on any atom is -0.349 e. The third-order valence-corrected chi connectivity index (χ3v) is 6.88. The SMILES string of the molecule is C=CCNC(=O)c1ccccc1NC(=O)c1cc(S(=O)(=O)N2CCCC2)ccc1C. The van der Waals surface area contributed by atoms with E-state index in [1.807, 2.05) is 0 Å². The van der Waals surface area contributed by atoms with Gasteiger partial charge >= 0.3 is 0 Å². The molecule has 2 aromatic carbocycles. The zero-order valence-corrected chi connectivity index (χ0v) is 17.7. The monoisotopic (exact) mass is 427 g/mol. The van der Waals surface area contributed by atoms with Crippen LogP contribution >= 0.6 is 0 Å². The van der Waals surface area contributed by atoms with Crippen LogP contribution in [0.1, 0.15) is 39.1 Å². The molecule has 0 bridgehead atoms. The zero-order chi connectivity index (χ0) is 21.7. The van der Waals surface area contributed by atoms with Gasteiger partial charge in [0.05, 0.1) is 16.1 Å². The fourth-order valence-corrected chi connectivity index (χ4v) is 4.87. The molecular weight excluding hydrogens is 402 g/mol. The highest BCUT2D eigenvalue weighted by Crippen LogP contribution is 2.24. The molecule has 8 heteroatoms. The van der Waals surface area contributed by atoms with Gasteiger partial charge < -0.3 is 10.6 Å². The predicted molar refractivity (Wildman–Crippen MR) is 116 cm³/mol. The Morgan fingerprint density at radius 3 is 2.47 bits per heavy atom. The lowest BCUT2D eigenvalue weighted by Gasteiger charge is -2.17. The van der Waals surface area contributed by atoms with Gasteiger partial charge in [0.25, 0.3) is 11.8 Å². The van der Waals surface area contributed by atoms with Crippen molar-refractivity contribution in [3.63, 3.8) is 0 Å². The molecule has 158 valence electrons. The highest BCUT2D eigenvalue weighted by molar-refractivity contribution is 7.89. The van der Waals surface area contributed by atoms with Gasteiger partial charge in [-0.2, -0.15) is 4.31 Å². The lowest BCUT2D eigenvalue weighted by Crippen LogP contribution is -2.28. The van der Waals surface area contributed by atoms with E-state index in [2.05, 4.69) is 17.2 Å². The number of para-hydroxylation sites is 1. The number of hydrogen-bond acceptors (Lipinski definition) is 4. The number of hydrogen-bond donors (Lipinski definition) is 2. The number of amides is 2. The average molecular weight is 428 g/mol. The van der Waals surface area contributed by atoms with E-state index >= 15 is 0 Å². The number of benzene rings is 2. The largest absolute Gasteiger partial charge is 0.349 e. The van der Waals surface area contributed by atoms with Crippen LogP contribution in [0.2, 0.25) is 0 Å². The lowest BCUT2D eigenvalue weighted by molar-refractivity contribution is 0.0959. The van der Waals surface area contributed by atoms with Crippen molar-refractivity contribution in [2.45, 2.75) is 24.7 Å². The second-order valence-electron chi connectivity index (χ2n) is 7.09. The number of carbonyl (C=O) groups excluding carboxylic acids is 2. The maximum absolute atomic E-state index is 13.0. The van der Waals surface area contributed by atoms with Gasteiger partial charge in [0.15, 0.2) is 0 Å². The first-order valence-corrected chi connectivity index (χ1v) is 11.2. The van der Waals surface area contributed by atoms with Gasteiger partial charge in [-0.05, 0) is 49.6 Å². The number of sulfonamides is 1. The molecule has 0 radical (unpaired) electrons. The van der Waals surface area contributed by atoms with E-state index in [0.717, 1.165) is 12.8 Å². The highest BCUT2D eigenvalue weighted by atomic mass is 32.2. The second kappa shape index (κ2) is 9.23. The molecular formula is C22H25N3O4S. The van der Waals surface area contributed by atoms with Gasteiger partial charge in [-0.1, -0.05) is 24.3 Å². The van der Waals surface area contributed by atoms with E-state index in [4.69, 9.17) is 0 Å². The summed E-state index contributed by atoms with van der Waals surface area (Å²) in [5.74, 6) is -0.817. The first-order valence-electron chi connectivity index (χ1n) is 9.75. The predicted octanol–water partition coefficient (Wildman–Crippen LogP) is 2.95. The molecule has 2 amide bonds. The summed E-state index contributed by atoms with van der Waals surface area (Å²) in [5.41, 5.74) is 1.54. The van der Waals surface area contributed by atoms with E-state index < -0.39 is 15.9 Å². The quantitative estimate of drug-likeness (QED) is 0.664. The molecule has 30 heavy (non-hydrogen) atoms. The fraction of sp³-hybridized carbons (Fsp3) is 0.273. The summed E-state index contributed by atoms with van der Waals surface area (Å²) in [5, 5.41) is 5.42. The van der Waals surface area contributed by atoms with Crippen molar-refractivity contribution >= 4 is 27.5 Å². The van der Waals surface area contributed by atoms with Crippen molar-refractivity contribution in [2.75, 3.05) is 25.0 Å². The Labute approximate surface area is 176 Å². The highest BCUT2D eigenvalue weighted by Gasteiger charge is 2.28. The molecule has 0 spiro atoms. The van der Waals surface area contributed by atoms with E-state index in [0.29, 0.717) is 36.4 Å². The number of carbonyl (C=O) groups is 2. The molecule has 1 fully saturated rings. The Balaban J connectivity index is 1.88. The molecule has 1 saturated heterocycles. The van der Waals surface area contributed by atoms with Crippen LogP contribution in [0.5, 0.6) is 0 Å². The van der Waals surface area contributed by atoms with Gasteiger partial charge in [0.1, 0.15) is 0 Å². The van der Waals surface area contributed by atoms with E-state index in [1.165, 1.54) is 16.4 Å². The lowest BCUT2D eigenvalue weighted by atomic mass is 10.1. The average Bonchev–Trinajstić information content (AvgIpc) is 3.28. The van der Waals surface area contributed by atoms with Crippen molar-refractivity contribution in [1.82, 2.24) is 9.62 Å². The maximum Gasteiger partial charge on any atom is 0.255 e. The van der Waals surface area contributed by atoms with Gasteiger partial charge in [-0.25, -0.2) is 8.42 Å². The number of aryl methyl sites for hydroxylation is 1. The number of rotatable bonds is 7. The van der Waals surface area contributed by atoms with Crippen molar-refractivity contribution in [3.05, 3.63) is 71.8 Å². The minimum absolute atomic E-state index is 0.0946. The first kappa shape index (κ1) is 21.7.